The minimum atomic E-state index is -0.0929. The summed E-state index contributed by atoms with van der Waals surface area (Å²) in [5.74, 6) is -0.0929. The van der Waals surface area contributed by atoms with Gasteiger partial charge < -0.3 is 10.6 Å². The third-order valence-corrected chi connectivity index (χ3v) is 2.93. The Hall–Kier alpha value is -1.95. The van der Waals surface area contributed by atoms with Crippen LogP contribution in [-0.4, -0.2) is 40.5 Å². The van der Waals surface area contributed by atoms with E-state index in [1.807, 2.05) is 27.1 Å². The van der Waals surface area contributed by atoms with Crippen LogP contribution in [0.25, 0.3) is 11.0 Å². The highest BCUT2D eigenvalue weighted by Crippen LogP contribution is 2.12. The smallest absolute Gasteiger partial charge is 0.251 e. The van der Waals surface area contributed by atoms with Gasteiger partial charge in [0.15, 0.2) is 0 Å². The maximum Gasteiger partial charge on any atom is 0.251 e. The summed E-state index contributed by atoms with van der Waals surface area (Å²) in [6.45, 7) is 2.60. The van der Waals surface area contributed by atoms with Gasteiger partial charge in [-0.25, -0.2) is 4.68 Å². The Balaban J connectivity index is 2.13. The van der Waals surface area contributed by atoms with Gasteiger partial charge in [-0.15, -0.1) is 5.10 Å². The normalized spacial score (nSPS) is 12.6. The Morgan fingerprint density at radius 3 is 3.00 bits per heavy atom. The second-order valence-electron chi connectivity index (χ2n) is 4.32. The van der Waals surface area contributed by atoms with Crippen molar-refractivity contribution in [1.82, 2.24) is 25.6 Å². The van der Waals surface area contributed by atoms with E-state index in [0.29, 0.717) is 12.1 Å². The molecule has 1 unspecified atom stereocenters. The molecule has 1 heterocycles. The second-order valence-corrected chi connectivity index (χ2v) is 4.32. The summed E-state index contributed by atoms with van der Waals surface area (Å²) in [5.41, 5.74) is 2.24. The predicted molar refractivity (Wildman–Crippen MR) is 69.4 cm³/mol. The lowest BCUT2D eigenvalue weighted by atomic mass is 10.2. The number of rotatable bonds is 4. The molecular formula is C12H17N5O. The quantitative estimate of drug-likeness (QED) is 0.815. The summed E-state index contributed by atoms with van der Waals surface area (Å²) < 4.78 is 1.68. The van der Waals surface area contributed by atoms with E-state index in [4.69, 9.17) is 0 Å². The van der Waals surface area contributed by atoms with Gasteiger partial charge in [0.2, 0.25) is 0 Å². The fraction of sp³-hybridized carbons (Fsp3) is 0.417. The summed E-state index contributed by atoms with van der Waals surface area (Å²) in [6, 6.07) is 5.63. The van der Waals surface area contributed by atoms with Crippen molar-refractivity contribution in [2.75, 3.05) is 13.6 Å². The Kier molecular flexibility index (Phi) is 3.57. The number of amides is 1. The van der Waals surface area contributed by atoms with Crippen LogP contribution >= 0.6 is 0 Å². The van der Waals surface area contributed by atoms with Crippen LogP contribution in [0.3, 0.4) is 0 Å². The molecule has 1 atom stereocenters. The molecule has 0 aliphatic carbocycles. The van der Waals surface area contributed by atoms with Gasteiger partial charge in [-0.1, -0.05) is 5.21 Å². The van der Waals surface area contributed by atoms with E-state index in [-0.39, 0.29) is 11.9 Å². The zero-order valence-corrected chi connectivity index (χ0v) is 10.8. The van der Waals surface area contributed by atoms with Crippen LogP contribution in [0.2, 0.25) is 0 Å². The second kappa shape index (κ2) is 5.14. The van der Waals surface area contributed by atoms with Crippen molar-refractivity contribution in [3.8, 4) is 0 Å². The number of nitrogens with zero attached hydrogens (tertiary/aromatic N) is 3. The van der Waals surface area contributed by atoms with Crippen molar-refractivity contribution in [2.24, 2.45) is 7.05 Å². The first-order valence-electron chi connectivity index (χ1n) is 5.86. The SMILES string of the molecule is CNC(C)CNC(=O)c1ccc2c(c1)nnn2C. The fourth-order valence-corrected chi connectivity index (χ4v) is 1.63. The highest BCUT2D eigenvalue weighted by Gasteiger charge is 2.09. The molecule has 2 N–H and O–H groups in total. The minimum Gasteiger partial charge on any atom is -0.350 e. The van der Waals surface area contributed by atoms with Crippen LogP contribution in [-0.2, 0) is 7.05 Å². The van der Waals surface area contributed by atoms with Crippen LogP contribution in [0.5, 0.6) is 0 Å². The summed E-state index contributed by atoms with van der Waals surface area (Å²) >= 11 is 0. The molecule has 6 heteroatoms. The van der Waals surface area contributed by atoms with E-state index in [9.17, 15) is 4.79 Å². The fourth-order valence-electron chi connectivity index (χ4n) is 1.63. The van der Waals surface area contributed by atoms with Gasteiger partial charge in [0.1, 0.15) is 5.52 Å². The molecule has 6 nitrogen and oxygen atoms in total. The maximum absolute atomic E-state index is 11.9. The highest BCUT2D eigenvalue weighted by molar-refractivity contribution is 5.97. The zero-order valence-electron chi connectivity index (χ0n) is 10.8. The molecule has 0 aliphatic heterocycles. The number of carbonyl (C=O) groups excluding carboxylic acids is 1. The molecule has 0 saturated heterocycles. The molecule has 0 fully saturated rings. The number of benzene rings is 1. The molecule has 0 spiro atoms. The lowest BCUT2D eigenvalue weighted by Crippen LogP contribution is -2.37. The van der Waals surface area contributed by atoms with Crippen LogP contribution in [0.15, 0.2) is 18.2 Å². The van der Waals surface area contributed by atoms with Crippen LogP contribution in [0.4, 0.5) is 0 Å². The summed E-state index contributed by atoms with van der Waals surface area (Å²) in [4.78, 5) is 11.9. The number of aryl methyl sites for hydroxylation is 1. The van der Waals surface area contributed by atoms with Gasteiger partial charge in [0, 0.05) is 25.2 Å². The first kappa shape index (κ1) is 12.5. The van der Waals surface area contributed by atoms with E-state index in [0.717, 1.165) is 11.0 Å². The molecule has 0 saturated carbocycles. The predicted octanol–water partition coefficient (Wildman–Crippen LogP) is 0.306. The molecule has 0 radical (unpaired) electrons. The number of hydrogen-bond acceptors (Lipinski definition) is 4. The first-order valence-corrected chi connectivity index (χ1v) is 5.86. The largest absolute Gasteiger partial charge is 0.350 e. The number of nitrogens with one attached hydrogen (secondary N) is 2. The zero-order chi connectivity index (χ0) is 13.1. The third-order valence-electron chi connectivity index (χ3n) is 2.93. The van der Waals surface area contributed by atoms with Gasteiger partial charge in [-0.05, 0) is 32.2 Å². The van der Waals surface area contributed by atoms with Crippen molar-refractivity contribution < 1.29 is 4.79 Å². The van der Waals surface area contributed by atoms with Gasteiger partial charge in [0.25, 0.3) is 5.91 Å². The molecule has 0 bridgehead atoms. The minimum absolute atomic E-state index is 0.0929. The molecular weight excluding hydrogens is 230 g/mol. The van der Waals surface area contributed by atoms with Crippen LogP contribution in [0.1, 0.15) is 17.3 Å². The highest BCUT2D eigenvalue weighted by atomic mass is 16.1. The molecule has 1 amide bonds. The monoisotopic (exact) mass is 247 g/mol. The Labute approximate surface area is 105 Å². The van der Waals surface area contributed by atoms with Crippen molar-refractivity contribution >= 4 is 16.9 Å². The average molecular weight is 247 g/mol. The molecule has 96 valence electrons. The van der Waals surface area contributed by atoms with Gasteiger partial charge in [-0.2, -0.15) is 0 Å². The van der Waals surface area contributed by atoms with Gasteiger partial charge in [-0.3, -0.25) is 4.79 Å². The van der Waals surface area contributed by atoms with Gasteiger partial charge in [0.05, 0.1) is 5.52 Å². The Morgan fingerprint density at radius 1 is 1.50 bits per heavy atom. The van der Waals surface area contributed by atoms with Crippen molar-refractivity contribution in [1.29, 1.82) is 0 Å². The molecule has 1 aromatic heterocycles. The van der Waals surface area contributed by atoms with Crippen molar-refractivity contribution in [3.05, 3.63) is 23.8 Å². The molecule has 18 heavy (non-hydrogen) atoms. The number of aromatic nitrogens is 3. The lowest BCUT2D eigenvalue weighted by molar-refractivity contribution is 0.0950. The number of carbonyl (C=O) groups is 1. The van der Waals surface area contributed by atoms with E-state index >= 15 is 0 Å². The van der Waals surface area contributed by atoms with Crippen LogP contribution < -0.4 is 10.6 Å². The standard InChI is InChI=1S/C12H17N5O/c1-8(13-2)7-14-12(18)9-4-5-11-10(6-9)15-16-17(11)3/h4-6,8,13H,7H2,1-3H3,(H,14,18). The van der Waals surface area contributed by atoms with E-state index in [1.54, 1.807) is 16.8 Å². The summed E-state index contributed by atoms with van der Waals surface area (Å²) in [5, 5.41) is 13.8. The number of fused-ring (bicyclic) bond motifs is 1. The molecule has 0 aliphatic rings. The maximum atomic E-state index is 11.9. The van der Waals surface area contributed by atoms with Crippen molar-refractivity contribution in [2.45, 2.75) is 13.0 Å². The lowest BCUT2D eigenvalue weighted by Gasteiger charge is -2.11. The molecule has 1 aromatic carbocycles. The van der Waals surface area contributed by atoms with Crippen LogP contribution in [0, 0.1) is 0 Å². The number of likely N-dealkylation sites (N-methyl/N-ethyl adjacent to an activating group) is 1. The van der Waals surface area contributed by atoms with Crippen molar-refractivity contribution in [3.63, 3.8) is 0 Å². The Bertz CT molecular complexity index is 563. The van der Waals surface area contributed by atoms with Gasteiger partial charge >= 0.3 is 0 Å². The van der Waals surface area contributed by atoms with E-state index in [2.05, 4.69) is 20.9 Å². The molecule has 2 rings (SSSR count). The third kappa shape index (κ3) is 2.48. The van der Waals surface area contributed by atoms with E-state index < -0.39 is 0 Å². The Morgan fingerprint density at radius 2 is 2.28 bits per heavy atom. The first-order chi connectivity index (χ1) is 8.61. The average Bonchev–Trinajstić information content (AvgIpc) is 2.76. The summed E-state index contributed by atoms with van der Waals surface area (Å²) in [6.07, 6.45) is 0. The topological polar surface area (TPSA) is 71.8 Å². The molecule has 2 aromatic rings. The number of hydrogen-bond donors (Lipinski definition) is 2. The van der Waals surface area contributed by atoms with E-state index in [1.165, 1.54) is 0 Å². The summed E-state index contributed by atoms with van der Waals surface area (Å²) in [7, 11) is 3.69.